The molecular weight excluding hydrogens is 421 g/mol. The molecule has 1 atom stereocenters. The lowest BCUT2D eigenvalue weighted by Crippen LogP contribution is -3.11. The molecule has 116 valence electrons. The van der Waals surface area contributed by atoms with E-state index in [1.807, 2.05) is 19.1 Å². The summed E-state index contributed by atoms with van der Waals surface area (Å²) in [6, 6.07) is 3.79. The summed E-state index contributed by atoms with van der Waals surface area (Å²) in [6.45, 7) is 5.74. The van der Waals surface area contributed by atoms with Crippen LogP contribution in [0.5, 0.6) is 5.75 Å². The number of hydrogen-bond acceptors (Lipinski definition) is 2. The highest BCUT2D eigenvalue weighted by Crippen LogP contribution is 2.40. The summed E-state index contributed by atoms with van der Waals surface area (Å²) in [6.07, 6.45) is 2.54. The number of ketones is 1. The summed E-state index contributed by atoms with van der Waals surface area (Å²) < 4.78 is 7.64. The van der Waals surface area contributed by atoms with E-state index in [2.05, 4.69) is 31.9 Å². The fourth-order valence-corrected chi connectivity index (χ4v) is 4.57. The Morgan fingerprint density at radius 2 is 1.95 bits per heavy atom. The molecule has 1 aromatic rings. The van der Waals surface area contributed by atoms with Crippen molar-refractivity contribution in [3.63, 3.8) is 0 Å². The number of quaternary nitrogens is 1. The van der Waals surface area contributed by atoms with Crippen LogP contribution in [-0.4, -0.2) is 32.0 Å². The van der Waals surface area contributed by atoms with Crippen LogP contribution in [0.2, 0.25) is 0 Å². The van der Waals surface area contributed by atoms with E-state index in [-0.39, 0.29) is 18.2 Å². The zero-order valence-corrected chi connectivity index (χ0v) is 15.8. The Kier molecular flexibility index (Phi) is 5.40. The Bertz CT molecular complexity index is 561. The summed E-state index contributed by atoms with van der Waals surface area (Å²) in [4.78, 5) is 14.4. The Morgan fingerprint density at radius 1 is 1.29 bits per heavy atom. The first-order chi connectivity index (χ1) is 9.49. The maximum Gasteiger partial charge on any atom is 0.181 e. The van der Waals surface area contributed by atoms with E-state index in [0.29, 0.717) is 17.9 Å². The van der Waals surface area contributed by atoms with Gasteiger partial charge in [0.05, 0.1) is 29.7 Å². The molecule has 1 aromatic carbocycles. The summed E-state index contributed by atoms with van der Waals surface area (Å²) >= 11 is 6.93. The van der Waals surface area contributed by atoms with Gasteiger partial charge in [0.1, 0.15) is 17.8 Å². The van der Waals surface area contributed by atoms with Gasteiger partial charge >= 0.3 is 0 Å². The Morgan fingerprint density at radius 3 is 2.62 bits per heavy atom. The van der Waals surface area contributed by atoms with Crippen LogP contribution in [0.3, 0.4) is 0 Å². The van der Waals surface area contributed by atoms with E-state index in [9.17, 15) is 4.79 Å². The standard InChI is InChI=1S/C15H17Br2NO2.ClH/c1-15(8-18-4-2-3-5-18)9-20-13-11(14(15)19)6-10(16)7-12(13)17;/h6-7H,2-5,8-9H2,1H3;1H. The van der Waals surface area contributed by atoms with Crippen LogP contribution in [0.4, 0.5) is 0 Å². The van der Waals surface area contributed by atoms with Gasteiger partial charge < -0.3 is 22.0 Å². The van der Waals surface area contributed by atoms with Crippen molar-refractivity contribution in [3.8, 4) is 5.75 Å². The van der Waals surface area contributed by atoms with E-state index < -0.39 is 5.41 Å². The Hall–Kier alpha value is -0.100. The third kappa shape index (κ3) is 3.31. The topological polar surface area (TPSA) is 30.7 Å². The van der Waals surface area contributed by atoms with Crippen LogP contribution >= 0.6 is 31.9 Å². The number of Topliss-reactive ketones (excluding diaryl/α,β-unsaturated/α-hetero) is 1. The van der Waals surface area contributed by atoms with Gasteiger partial charge in [0, 0.05) is 17.3 Å². The molecule has 1 saturated heterocycles. The molecule has 6 heteroatoms. The van der Waals surface area contributed by atoms with E-state index in [1.165, 1.54) is 30.8 Å². The number of likely N-dealkylation sites (tertiary alicyclic amines) is 1. The molecule has 1 N–H and O–H groups in total. The number of ether oxygens (including phenoxy) is 1. The van der Waals surface area contributed by atoms with Crippen LogP contribution in [-0.2, 0) is 0 Å². The second-order valence-corrected chi connectivity index (χ2v) is 7.85. The minimum Gasteiger partial charge on any atom is -1.00 e. The Balaban J connectivity index is 0.00000161. The molecule has 0 amide bonds. The van der Waals surface area contributed by atoms with Crippen molar-refractivity contribution in [2.24, 2.45) is 5.41 Å². The van der Waals surface area contributed by atoms with Crippen molar-refractivity contribution >= 4 is 37.6 Å². The minimum atomic E-state index is -0.410. The van der Waals surface area contributed by atoms with Gasteiger partial charge in [-0.25, -0.2) is 0 Å². The first-order valence-electron chi connectivity index (χ1n) is 7.00. The predicted molar refractivity (Wildman–Crippen MR) is 84.6 cm³/mol. The van der Waals surface area contributed by atoms with E-state index >= 15 is 0 Å². The maximum absolute atomic E-state index is 12.9. The van der Waals surface area contributed by atoms with Crippen molar-refractivity contribution in [3.05, 3.63) is 26.6 Å². The van der Waals surface area contributed by atoms with Gasteiger partial charge in [-0.05, 0) is 35.0 Å². The number of benzene rings is 1. The quantitative estimate of drug-likeness (QED) is 0.672. The van der Waals surface area contributed by atoms with Crippen molar-refractivity contribution in [1.29, 1.82) is 0 Å². The van der Waals surface area contributed by atoms with E-state index in [1.54, 1.807) is 0 Å². The normalized spacial score (nSPS) is 25.2. The largest absolute Gasteiger partial charge is 1.00 e. The van der Waals surface area contributed by atoms with Crippen molar-refractivity contribution in [2.75, 3.05) is 26.2 Å². The first-order valence-corrected chi connectivity index (χ1v) is 8.58. The zero-order chi connectivity index (χ0) is 14.3. The summed E-state index contributed by atoms with van der Waals surface area (Å²) in [5.74, 6) is 0.896. The first kappa shape index (κ1) is 17.3. The molecule has 0 bridgehead atoms. The van der Waals surface area contributed by atoms with Gasteiger partial charge in [-0.15, -0.1) is 0 Å². The molecule has 21 heavy (non-hydrogen) atoms. The third-order valence-corrected chi connectivity index (χ3v) is 5.33. The summed E-state index contributed by atoms with van der Waals surface area (Å²) in [5.41, 5.74) is 0.283. The number of halogens is 3. The van der Waals surface area contributed by atoms with Crippen LogP contribution in [0.1, 0.15) is 30.1 Å². The molecule has 0 saturated carbocycles. The van der Waals surface area contributed by atoms with Crippen LogP contribution < -0.4 is 22.0 Å². The van der Waals surface area contributed by atoms with Gasteiger partial charge in [-0.2, -0.15) is 0 Å². The van der Waals surface area contributed by atoms with Crippen LogP contribution in [0, 0.1) is 5.41 Å². The van der Waals surface area contributed by atoms with E-state index in [0.717, 1.165) is 15.5 Å². The van der Waals surface area contributed by atoms with Gasteiger partial charge in [0.25, 0.3) is 0 Å². The average Bonchev–Trinajstić information content (AvgIpc) is 2.87. The minimum absolute atomic E-state index is 0. The fourth-order valence-electron chi connectivity index (χ4n) is 3.23. The lowest BCUT2D eigenvalue weighted by Gasteiger charge is -2.34. The maximum atomic E-state index is 12.9. The van der Waals surface area contributed by atoms with Gasteiger partial charge in [-0.1, -0.05) is 15.9 Å². The SMILES string of the molecule is CC1(C[NH+]2CCCC2)COc2c(Br)cc(Br)cc2C1=O.[Cl-]. The van der Waals surface area contributed by atoms with Crippen molar-refractivity contribution in [1.82, 2.24) is 0 Å². The molecule has 1 fully saturated rings. The number of nitrogens with one attached hydrogen (secondary N) is 1. The molecule has 2 aliphatic rings. The second-order valence-electron chi connectivity index (χ2n) is 6.08. The van der Waals surface area contributed by atoms with Gasteiger partial charge in [-0.3, -0.25) is 4.79 Å². The molecular formula is C15H18Br2ClNO2. The molecule has 2 heterocycles. The molecule has 2 aliphatic heterocycles. The number of fused-ring (bicyclic) bond motifs is 1. The van der Waals surface area contributed by atoms with Crippen LogP contribution in [0.25, 0.3) is 0 Å². The predicted octanol–water partition coefficient (Wildman–Crippen LogP) is -0.524. The number of carbonyl (C=O) groups excluding carboxylic acids is 1. The molecule has 3 rings (SSSR count). The van der Waals surface area contributed by atoms with Gasteiger partial charge in [0.15, 0.2) is 5.78 Å². The van der Waals surface area contributed by atoms with Crippen molar-refractivity contribution < 1.29 is 26.8 Å². The molecule has 0 aliphatic carbocycles. The van der Waals surface area contributed by atoms with Gasteiger partial charge in [0.2, 0.25) is 0 Å². The molecule has 0 aromatic heterocycles. The van der Waals surface area contributed by atoms with Crippen molar-refractivity contribution in [2.45, 2.75) is 19.8 Å². The second kappa shape index (κ2) is 6.57. The lowest BCUT2D eigenvalue weighted by molar-refractivity contribution is -0.892. The molecule has 3 nitrogen and oxygen atoms in total. The molecule has 1 unspecified atom stereocenters. The van der Waals surface area contributed by atoms with E-state index in [4.69, 9.17) is 4.74 Å². The summed E-state index contributed by atoms with van der Waals surface area (Å²) in [5, 5.41) is 0. The molecule has 0 spiro atoms. The highest BCUT2D eigenvalue weighted by atomic mass is 79.9. The third-order valence-electron chi connectivity index (χ3n) is 4.29. The smallest absolute Gasteiger partial charge is 0.181 e. The monoisotopic (exact) mass is 437 g/mol. The average molecular weight is 440 g/mol. The molecule has 0 radical (unpaired) electrons. The number of carbonyl (C=O) groups is 1. The van der Waals surface area contributed by atoms with Crippen LogP contribution in [0.15, 0.2) is 21.1 Å². The fraction of sp³-hybridized carbons (Fsp3) is 0.533. The lowest BCUT2D eigenvalue weighted by atomic mass is 9.80. The zero-order valence-electron chi connectivity index (χ0n) is 11.8. The highest BCUT2D eigenvalue weighted by molar-refractivity contribution is 9.11. The highest BCUT2D eigenvalue weighted by Gasteiger charge is 2.44. The number of rotatable bonds is 2. The number of hydrogen-bond donors (Lipinski definition) is 1. The summed E-state index contributed by atoms with van der Waals surface area (Å²) in [7, 11) is 0. The Labute approximate surface area is 148 Å².